The van der Waals surface area contributed by atoms with Crippen molar-refractivity contribution in [3.8, 4) is 0 Å². The molecule has 0 saturated heterocycles. The van der Waals surface area contributed by atoms with Crippen molar-refractivity contribution in [1.29, 1.82) is 0 Å². The second-order valence-electron chi connectivity index (χ2n) is 5.77. The first-order chi connectivity index (χ1) is 12.2. The van der Waals surface area contributed by atoms with Crippen LogP contribution < -0.4 is 10.6 Å². The van der Waals surface area contributed by atoms with Crippen LogP contribution in [0.15, 0.2) is 59.2 Å². The highest BCUT2D eigenvalue weighted by Crippen LogP contribution is 2.22. The standard InChI is InChI=1S/C19H20BrN5/c1-14-12-16(9-10-17(14)20)23-18-13-22-25-19(24-18)21-11-5-8-15-6-3-2-4-7-15/h2-4,6-7,9-10,12-13H,5,8,11H2,1H3,(H2,21,23,24,25). The topological polar surface area (TPSA) is 62.7 Å². The zero-order chi connectivity index (χ0) is 17.5. The van der Waals surface area contributed by atoms with Gasteiger partial charge in [0.15, 0.2) is 5.82 Å². The maximum atomic E-state index is 4.46. The van der Waals surface area contributed by atoms with Gasteiger partial charge in [-0.25, -0.2) is 0 Å². The molecule has 1 aromatic heterocycles. The van der Waals surface area contributed by atoms with Crippen molar-refractivity contribution < 1.29 is 0 Å². The van der Waals surface area contributed by atoms with E-state index in [0.717, 1.165) is 35.1 Å². The number of benzene rings is 2. The molecular formula is C19H20BrN5. The van der Waals surface area contributed by atoms with Crippen molar-refractivity contribution in [2.24, 2.45) is 0 Å². The molecule has 0 aliphatic carbocycles. The van der Waals surface area contributed by atoms with Gasteiger partial charge >= 0.3 is 0 Å². The minimum atomic E-state index is 0.534. The van der Waals surface area contributed by atoms with Crippen molar-refractivity contribution in [3.05, 3.63) is 70.3 Å². The van der Waals surface area contributed by atoms with Crippen molar-refractivity contribution in [2.75, 3.05) is 17.2 Å². The largest absolute Gasteiger partial charge is 0.353 e. The Bertz CT molecular complexity index is 823. The van der Waals surface area contributed by atoms with Gasteiger partial charge in [0.2, 0.25) is 5.95 Å². The molecule has 0 unspecified atom stereocenters. The lowest BCUT2D eigenvalue weighted by atomic mass is 10.1. The van der Waals surface area contributed by atoms with E-state index in [-0.39, 0.29) is 0 Å². The molecule has 0 spiro atoms. The van der Waals surface area contributed by atoms with Crippen LogP contribution >= 0.6 is 15.9 Å². The summed E-state index contributed by atoms with van der Waals surface area (Å²) < 4.78 is 1.08. The van der Waals surface area contributed by atoms with Crippen LogP contribution in [0.3, 0.4) is 0 Å². The summed E-state index contributed by atoms with van der Waals surface area (Å²) in [7, 11) is 0. The maximum absolute atomic E-state index is 4.46. The third kappa shape index (κ3) is 5.26. The van der Waals surface area contributed by atoms with Gasteiger partial charge in [0, 0.05) is 16.7 Å². The number of anilines is 3. The zero-order valence-electron chi connectivity index (χ0n) is 14.0. The van der Waals surface area contributed by atoms with E-state index in [1.165, 1.54) is 5.56 Å². The first kappa shape index (κ1) is 17.4. The van der Waals surface area contributed by atoms with Crippen molar-refractivity contribution in [3.63, 3.8) is 0 Å². The molecule has 0 aliphatic heterocycles. The zero-order valence-corrected chi connectivity index (χ0v) is 15.6. The fraction of sp³-hybridized carbons (Fsp3) is 0.211. The van der Waals surface area contributed by atoms with Crippen LogP contribution in [0.5, 0.6) is 0 Å². The lowest BCUT2D eigenvalue weighted by molar-refractivity contribution is 0.843. The number of aromatic nitrogens is 3. The Balaban J connectivity index is 1.53. The smallest absolute Gasteiger partial charge is 0.244 e. The molecule has 0 bridgehead atoms. The number of nitrogens with zero attached hydrogens (tertiary/aromatic N) is 3. The monoisotopic (exact) mass is 397 g/mol. The van der Waals surface area contributed by atoms with Gasteiger partial charge in [-0.2, -0.15) is 10.1 Å². The Morgan fingerprint density at radius 1 is 1.08 bits per heavy atom. The van der Waals surface area contributed by atoms with E-state index >= 15 is 0 Å². The highest BCUT2D eigenvalue weighted by Gasteiger charge is 2.03. The molecular weight excluding hydrogens is 378 g/mol. The van der Waals surface area contributed by atoms with E-state index in [2.05, 4.69) is 72.1 Å². The van der Waals surface area contributed by atoms with E-state index in [1.54, 1.807) is 6.20 Å². The van der Waals surface area contributed by atoms with E-state index in [9.17, 15) is 0 Å². The number of aryl methyl sites for hydroxylation is 2. The van der Waals surface area contributed by atoms with Gasteiger partial charge in [-0.15, -0.1) is 5.10 Å². The number of hydrogen-bond donors (Lipinski definition) is 2. The Morgan fingerprint density at radius 2 is 1.92 bits per heavy atom. The van der Waals surface area contributed by atoms with E-state index in [4.69, 9.17) is 0 Å². The molecule has 0 fully saturated rings. The van der Waals surface area contributed by atoms with Gasteiger partial charge in [0.1, 0.15) is 0 Å². The molecule has 0 saturated carbocycles. The molecule has 2 N–H and O–H groups in total. The molecule has 0 atom stereocenters. The molecule has 2 aromatic carbocycles. The summed E-state index contributed by atoms with van der Waals surface area (Å²) in [5.74, 6) is 1.20. The van der Waals surface area contributed by atoms with Crippen LogP contribution in [0.25, 0.3) is 0 Å². The summed E-state index contributed by atoms with van der Waals surface area (Å²) >= 11 is 3.50. The minimum absolute atomic E-state index is 0.534. The maximum Gasteiger partial charge on any atom is 0.244 e. The average Bonchev–Trinajstić information content (AvgIpc) is 2.63. The van der Waals surface area contributed by atoms with Crippen molar-refractivity contribution in [1.82, 2.24) is 15.2 Å². The summed E-state index contributed by atoms with van der Waals surface area (Å²) in [6.45, 7) is 2.85. The molecule has 5 nitrogen and oxygen atoms in total. The third-order valence-electron chi connectivity index (χ3n) is 3.76. The molecule has 128 valence electrons. The molecule has 3 rings (SSSR count). The van der Waals surface area contributed by atoms with E-state index in [1.807, 2.05) is 25.1 Å². The van der Waals surface area contributed by atoms with Gasteiger partial charge in [-0.1, -0.05) is 46.3 Å². The second-order valence-corrected chi connectivity index (χ2v) is 6.62. The summed E-state index contributed by atoms with van der Waals surface area (Å²) in [5, 5.41) is 14.5. The van der Waals surface area contributed by atoms with Crippen LogP contribution in [0.2, 0.25) is 0 Å². The lowest BCUT2D eigenvalue weighted by Gasteiger charge is -2.09. The molecule has 0 amide bonds. The van der Waals surface area contributed by atoms with Gasteiger partial charge in [0.05, 0.1) is 6.20 Å². The normalized spacial score (nSPS) is 10.5. The van der Waals surface area contributed by atoms with Crippen LogP contribution in [0, 0.1) is 6.92 Å². The lowest BCUT2D eigenvalue weighted by Crippen LogP contribution is -2.08. The Kier molecular flexibility index (Phi) is 5.95. The van der Waals surface area contributed by atoms with Gasteiger partial charge in [-0.3, -0.25) is 0 Å². The quantitative estimate of drug-likeness (QED) is 0.564. The summed E-state index contributed by atoms with van der Waals surface area (Å²) in [6, 6.07) is 16.5. The third-order valence-corrected chi connectivity index (χ3v) is 4.65. The molecule has 0 radical (unpaired) electrons. The minimum Gasteiger partial charge on any atom is -0.353 e. The van der Waals surface area contributed by atoms with Crippen LogP contribution in [0.4, 0.5) is 17.5 Å². The first-order valence-corrected chi connectivity index (χ1v) is 9.01. The molecule has 3 aromatic rings. The molecule has 6 heteroatoms. The average molecular weight is 398 g/mol. The van der Waals surface area contributed by atoms with E-state index < -0.39 is 0 Å². The highest BCUT2D eigenvalue weighted by atomic mass is 79.9. The second kappa shape index (κ2) is 8.58. The summed E-state index contributed by atoms with van der Waals surface area (Å²) in [4.78, 5) is 4.46. The predicted octanol–water partition coefficient (Wildman–Crippen LogP) is 4.73. The van der Waals surface area contributed by atoms with Crippen molar-refractivity contribution >= 4 is 33.4 Å². The fourth-order valence-electron chi connectivity index (χ4n) is 2.45. The first-order valence-electron chi connectivity index (χ1n) is 8.21. The summed E-state index contributed by atoms with van der Waals surface area (Å²) in [5.41, 5.74) is 3.46. The van der Waals surface area contributed by atoms with Crippen LogP contribution in [-0.2, 0) is 6.42 Å². The van der Waals surface area contributed by atoms with Crippen LogP contribution in [0.1, 0.15) is 17.5 Å². The van der Waals surface area contributed by atoms with Gasteiger partial charge in [-0.05, 0) is 49.1 Å². The predicted molar refractivity (Wildman–Crippen MR) is 105 cm³/mol. The SMILES string of the molecule is Cc1cc(Nc2cnnc(NCCCc3ccccc3)n2)ccc1Br. The Morgan fingerprint density at radius 3 is 2.72 bits per heavy atom. The number of hydrogen-bond acceptors (Lipinski definition) is 5. The van der Waals surface area contributed by atoms with E-state index in [0.29, 0.717) is 11.8 Å². The summed E-state index contributed by atoms with van der Waals surface area (Å²) in [6.07, 6.45) is 3.65. The van der Waals surface area contributed by atoms with Crippen LogP contribution in [-0.4, -0.2) is 21.7 Å². The van der Waals surface area contributed by atoms with Gasteiger partial charge < -0.3 is 10.6 Å². The Hall–Kier alpha value is -2.47. The highest BCUT2D eigenvalue weighted by molar-refractivity contribution is 9.10. The molecule has 0 aliphatic rings. The molecule has 25 heavy (non-hydrogen) atoms. The number of halogens is 1. The Labute approximate surface area is 156 Å². The fourth-order valence-corrected chi connectivity index (χ4v) is 2.69. The molecule has 1 heterocycles. The number of rotatable bonds is 7. The number of nitrogens with one attached hydrogen (secondary N) is 2. The van der Waals surface area contributed by atoms with Crippen molar-refractivity contribution in [2.45, 2.75) is 19.8 Å². The van der Waals surface area contributed by atoms with Gasteiger partial charge in [0.25, 0.3) is 0 Å².